The molecule has 0 fully saturated rings. The predicted molar refractivity (Wildman–Crippen MR) is 76.9 cm³/mol. The van der Waals surface area contributed by atoms with Crippen LogP contribution in [0.4, 0.5) is 4.39 Å². The Morgan fingerprint density at radius 1 is 1.42 bits per heavy atom. The Balaban J connectivity index is 1.91. The van der Waals surface area contributed by atoms with E-state index in [1.54, 1.807) is 22.5 Å². The molecule has 102 valence electrons. The molecule has 1 heterocycles. The zero-order valence-electron chi connectivity index (χ0n) is 11.1. The summed E-state index contributed by atoms with van der Waals surface area (Å²) in [7, 11) is 3.84. The molecule has 0 saturated carbocycles. The number of rotatable bonds is 6. The number of nitrogens with one attached hydrogen (secondary N) is 1. The van der Waals surface area contributed by atoms with Gasteiger partial charge in [0.05, 0.1) is 6.20 Å². The van der Waals surface area contributed by atoms with Gasteiger partial charge < -0.3 is 5.32 Å². The summed E-state index contributed by atoms with van der Waals surface area (Å²) < 4.78 is 15.3. The first-order valence-electron chi connectivity index (χ1n) is 6.21. The molecule has 0 aliphatic carbocycles. The summed E-state index contributed by atoms with van der Waals surface area (Å²) in [6.45, 7) is 0. The third-order valence-electron chi connectivity index (χ3n) is 2.93. The van der Waals surface area contributed by atoms with Crippen LogP contribution in [0.3, 0.4) is 0 Å². The van der Waals surface area contributed by atoms with Crippen molar-refractivity contribution in [1.82, 2.24) is 15.1 Å². The Morgan fingerprint density at radius 3 is 2.84 bits per heavy atom. The Hall–Kier alpha value is -1.33. The fourth-order valence-corrected chi connectivity index (χ4v) is 2.90. The molecule has 1 N–H and O–H groups in total. The number of aryl methyl sites for hydroxylation is 1. The molecule has 1 atom stereocenters. The molecule has 2 aromatic rings. The summed E-state index contributed by atoms with van der Waals surface area (Å²) in [6, 6.07) is 7.19. The maximum absolute atomic E-state index is 13.5. The van der Waals surface area contributed by atoms with Crippen LogP contribution < -0.4 is 5.32 Å². The predicted octanol–water partition coefficient (Wildman–Crippen LogP) is 2.48. The molecule has 1 aromatic carbocycles. The average molecular weight is 279 g/mol. The van der Waals surface area contributed by atoms with Gasteiger partial charge in [0.15, 0.2) is 0 Å². The zero-order chi connectivity index (χ0) is 13.7. The zero-order valence-corrected chi connectivity index (χ0v) is 12.0. The van der Waals surface area contributed by atoms with Crippen LogP contribution >= 0.6 is 11.8 Å². The molecule has 0 radical (unpaired) electrons. The van der Waals surface area contributed by atoms with Gasteiger partial charge in [0.1, 0.15) is 5.82 Å². The molecule has 5 heteroatoms. The van der Waals surface area contributed by atoms with Crippen LogP contribution in [0.5, 0.6) is 0 Å². The van der Waals surface area contributed by atoms with E-state index in [9.17, 15) is 4.39 Å². The van der Waals surface area contributed by atoms with Gasteiger partial charge in [-0.15, -0.1) is 11.8 Å². The van der Waals surface area contributed by atoms with Crippen LogP contribution in [0.2, 0.25) is 0 Å². The van der Waals surface area contributed by atoms with Crippen LogP contribution in [-0.4, -0.2) is 28.6 Å². The van der Waals surface area contributed by atoms with Crippen LogP contribution in [-0.2, 0) is 13.5 Å². The highest BCUT2D eigenvalue weighted by molar-refractivity contribution is 7.99. The van der Waals surface area contributed by atoms with Gasteiger partial charge in [-0.1, -0.05) is 12.1 Å². The second kappa shape index (κ2) is 6.73. The molecule has 0 amide bonds. The first kappa shape index (κ1) is 14.1. The summed E-state index contributed by atoms with van der Waals surface area (Å²) in [5, 5.41) is 7.43. The topological polar surface area (TPSA) is 29.9 Å². The van der Waals surface area contributed by atoms with E-state index in [0.717, 1.165) is 12.2 Å². The smallest absolute Gasteiger partial charge is 0.136 e. The third-order valence-corrected chi connectivity index (χ3v) is 4.14. The molecule has 1 unspecified atom stereocenters. The summed E-state index contributed by atoms with van der Waals surface area (Å²) in [6.07, 6.45) is 4.78. The molecular weight excluding hydrogens is 261 g/mol. The van der Waals surface area contributed by atoms with Gasteiger partial charge in [-0.05, 0) is 31.2 Å². The van der Waals surface area contributed by atoms with Gasteiger partial charge >= 0.3 is 0 Å². The van der Waals surface area contributed by atoms with Gasteiger partial charge in [-0.25, -0.2) is 4.39 Å². The number of hydrogen-bond acceptors (Lipinski definition) is 3. The second-order valence-corrected chi connectivity index (χ2v) is 5.52. The highest BCUT2D eigenvalue weighted by Gasteiger charge is 2.10. The average Bonchev–Trinajstić information content (AvgIpc) is 2.81. The van der Waals surface area contributed by atoms with E-state index in [4.69, 9.17) is 0 Å². The number of halogens is 1. The number of likely N-dealkylation sites (N-methyl/N-ethyl adjacent to an activating group) is 1. The van der Waals surface area contributed by atoms with Crippen molar-refractivity contribution in [2.24, 2.45) is 7.05 Å². The van der Waals surface area contributed by atoms with Crippen molar-refractivity contribution in [3.8, 4) is 0 Å². The molecule has 0 aliphatic heterocycles. The largest absolute Gasteiger partial charge is 0.316 e. The highest BCUT2D eigenvalue weighted by Crippen LogP contribution is 2.22. The molecule has 1 aromatic heterocycles. The molecule has 2 rings (SSSR count). The summed E-state index contributed by atoms with van der Waals surface area (Å²) in [4.78, 5) is 0.703. The van der Waals surface area contributed by atoms with Gasteiger partial charge in [0, 0.05) is 29.9 Å². The van der Waals surface area contributed by atoms with Crippen molar-refractivity contribution < 1.29 is 4.39 Å². The van der Waals surface area contributed by atoms with E-state index in [2.05, 4.69) is 10.4 Å². The van der Waals surface area contributed by atoms with E-state index in [0.29, 0.717) is 10.9 Å². The van der Waals surface area contributed by atoms with E-state index >= 15 is 0 Å². The summed E-state index contributed by atoms with van der Waals surface area (Å²) in [5.41, 5.74) is 1.19. The Kier molecular flexibility index (Phi) is 4.99. The minimum absolute atomic E-state index is 0.149. The highest BCUT2D eigenvalue weighted by atomic mass is 32.2. The van der Waals surface area contributed by atoms with Crippen LogP contribution in [0.1, 0.15) is 5.56 Å². The Bertz CT molecular complexity index is 527. The number of thioether (sulfide) groups is 1. The quantitative estimate of drug-likeness (QED) is 0.824. The number of benzene rings is 1. The number of nitrogens with zero attached hydrogens (tertiary/aromatic N) is 2. The van der Waals surface area contributed by atoms with Gasteiger partial charge in [0.2, 0.25) is 0 Å². The number of hydrogen-bond donors (Lipinski definition) is 1. The maximum Gasteiger partial charge on any atom is 0.136 e. The fraction of sp³-hybridized carbons (Fsp3) is 0.357. The van der Waals surface area contributed by atoms with E-state index in [-0.39, 0.29) is 5.82 Å². The first-order chi connectivity index (χ1) is 9.19. The van der Waals surface area contributed by atoms with Crippen molar-refractivity contribution in [3.63, 3.8) is 0 Å². The van der Waals surface area contributed by atoms with Crippen LogP contribution in [0.25, 0.3) is 0 Å². The lowest BCUT2D eigenvalue weighted by molar-refractivity contribution is 0.598. The maximum atomic E-state index is 13.5. The summed E-state index contributed by atoms with van der Waals surface area (Å²) in [5.74, 6) is 0.676. The van der Waals surface area contributed by atoms with Crippen molar-refractivity contribution >= 4 is 11.8 Å². The van der Waals surface area contributed by atoms with Gasteiger partial charge in [-0.3, -0.25) is 4.68 Å². The minimum Gasteiger partial charge on any atom is -0.316 e. The van der Waals surface area contributed by atoms with Crippen molar-refractivity contribution in [3.05, 3.63) is 48.0 Å². The normalized spacial score (nSPS) is 12.6. The summed E-state index contributed by atoms with van der Waals surface area (Å²) >= 11 is 1.54. The van der Waals surface area contributed by atoms with Crippen LogP contribution in [0, 0.1) is 5.82 Å². The monoisotopic (exact) mass is 279 g/mol. The van der Waals surface area contributed by atoms with Crippen molar-refractivity contribution in [1.29, 1.82) is 0 Å². The van der Waals surface area contributed by atoms with E-state index in [1.807, 2.05) is 38.6 Å². The SMILES string of the molecule is CNC(CSc1ccccc1F)Cc1cnn(C)c1. The lowest BCUT2D eigenvalue weighted by atomic mass is 10.1. The molecule has 0 saturated heterocycles. The van der Waals surface area contributed by atoms with Crippen LogP contribution in [0.15, 0.2) is 41.6 Å². The first-order valence-corrected chi connectivity index (χ1v) is 7.19. The lowest BCUT2D eigenvalue weighted by Gasteiger charge is -2.15. The molecule has 0 spiro atoms. The van der Waals surface area contributed by atoms with Gasteiger partial charge in [0.25, 0.3) is 0 Å². The minimum atomic E-state index is -0.149. The van der Waals surface area contributed by atoms with Crippen molar-refractivity contribution in [2.75, 3.05) is 12.8 Å². The Labute approximate surface area is 117 Å². The van der Waals surface area contributed by atoms with Crippen molar-refractivity contribution in [2.45, 2.75) is 17.4 Å². The van der Waals surface area contributed by atoms with Gasteiger partial charge in [-0.2, -0.15) is 5.10 Å². The molecule has 3 nitrogen and oxygen atoms in total. The standard InChI is InChI=1S/C14H18FN3S/c1-16-12(7-11-8-17-18(2)9-11)10-19-14-6-4-3-5-13(14)15/h3-6,8-9,12,16H,7,10H2,1-2H3. The third kappa shape index (κ3) is 4.08. The lowest BCUT2D eigenvalue weighted by Crippen LogP contribution is -2.29. The molecular formula is C14H18FN3S. The molecule has 19 heavy (non-hydrogen) atoms. The number of aromatic nitrogens is 2. The Morgan fingerprint density at radius 2 is 2.21 bits per heavy atom. The van der Waals surface area contributed by atoms with E-state index in [1.165, 1.54) is 11.6 Å². The van der Waals surface area contributed by atoms with E-state index < -0.39 is 0 Å². The molecule has 0 bridgehead atoms. The fourth-order valence-electron chi connectivity index (χ4n) is 1.86. The second-order valence-electron chi connectivity index (χ2n) is 4.45. The molecule has 0 aliphatic rings.